The zero-order valence-electron chi connectivity index (χ0n) is 10.8. The van der Waals surface area contributed by atoms with E-state index in [1.165, 1.54) is 0 Å². The van der Waals surface area contributed by atoms with Crippen LogP contribution in [0.15, 0.2) is 0 Å². The molecule has 0 radical (unpaired) electrons. The van der Waals surface area contributed by atoms with Gasteiger partial charge >= 0.3 is 0 Å². The molecular formula is C11H25ClO3Si. The summed E-state index contributed by atoms with van der Waals surface area (Å²) < 4.78 is 16.5. The highest BCUT2D eigenvalue weighted by molar-refractivity contribution is 6.79. The Hall–Kier alpha value is 0.387. The Balaban J connectivity index is 3.48. The Morgan fingerprint density at radius 2 is 1.44 bits per heavy atom. The van der Waals surface area contributed by atoms with Crippen LogP contribution in [0.25, 0.3) is 0 Å². The van der Waals surface area contributed by atoms with Crippen molar-refractivity contribution in [1.82, 2.24) is 0 Å². The third kappa shape index (κ3) is 6.86. The maximum Gasteiger partial charge on any atom is 0.206 e. The summed E-state index contributed by atoms with van der Waals surface area (Å²) in [4.78, 5) is 0. The second kappa shape index (κ2) is 10.5. The van der Waals surface area contributed by atoms with Gasteiger partial charge in [-0.05, 0) is 19.0 Å². The van der Waals surface area contributed by atoms with Crippen molar-refractivity contribution in [2.75, 3.05) is 38.5 Å². The van der Waals surface area contributed by atoms with Gasteiger partial charge in [-0.1, -0.05) is 13.8 Å². The van der Waals surface area contributed by atoms with Crippen molar-refractivity contribution in [2.45, 2.75) is 32.9 Å². The average molecular weight is 269 g/mol. The Morgan fingerprint density at radius 3 is 1.94 bits per heavy atom. The predicted molar refractivity (Wildman–Crippen MR) is 70.7 cm³/mol. The minimum atomic E-state index is -1.64. The lowest BCUT2D eigenvalue weighted by atomic mass is 10.7. The summed E-state index contributed by atoms with van der Waals surface area (Å²) in [5.41, 5.74) is 0.680. The summed E-state index contributed by atoms with van der Waals surface area (Å²) in [5.74, 6) is 0. The molecule has 0 spiro atoms. The molecule has 0 N–H and O–H groups in total. The molecule has 3 nitrogen and oxygen atoms in total. The van der Waals surface area contributed by atoms with Crippen LogP contribution < -0.4 is 0 Å². The van der Waals surface area contributed by atoms with E-state index in [0.29, 0.717) is 31.9 Å². The van der Waals surface area contributed by atoms with Gasteiger partial charge < -0.3 is 13.9 Å². The van der Waals surface area contributed by atoms with Crippen molar-refractivity contribution < 1.29 is 13.9 Å². The van der Waals surface area contributed by atoms with E-state index in [2.05, 4.69) is 13.8 Å². The summed E-state index contributed by atoms with van der Waals surface area (Å²) in [5, 5.41) is 0. The first kappa shape index (κ1) is 16.4. The van der Waals surface area contributed by atoms with Crippen molar-refractivity contribution in [3.05, 3.63) is 0 Å². The van der Waals surface area contributed by atoms with Gasteiger partial charge in [0, 0.05) is 12.1 Å². The van der Waals surface area contributed by atoms with Gasteiger partial charge in [-0.2, -0.15) is 0 Å². The fraction of sp³-hybridized carbons (Fsp3) is 1.00. The zero-order valence-corrected chi connectivity index (χ0v) is 12.5. The molecule has 0 amide bonds. The van der Waals surface area contributed by atoms with Gasteiger partial charge in [0.05, 0.1) is 26.4 Å². The lowest BCUT2D eigenvalue weighted by molar-refractivity contribution is 0.0391. The Morgan fingerprint density at radius 1 is 0.875 bits per heavy atom. The van der Waals surface area contributed by atoms with E-state index in [-0.39, 0.29) is 0 Å². The molecule has 0 fully saturated rings. The van der Waals surface area contributed by atoms with Gasteiger partial charge in [0.2, 0.25) is 8.32 Å². The van der Waals surface area contributed by atoms with Gasteiger partial charge in [-0.15, -0.1) is 11.6 Å². The fourth-order valence-electron chi connectivity index (χ4n) is 1.36. The van der Waals surface area contributed by atoms with Crippen molar-refractivity contribution in [3.8, 4) is 0 Å². The molecule has 0 aromatic carbocycles. The number of ether oxygens (including phenoxy) is 2. The highest BCUT2D eigenvalue weighted by Gasteiger charge is 2.29. The van der Waals surface area contributed by atoms with Crippen molar-refractivity contribution >= 4 is 19.9 Å². The molecule has 98 valence electrons. The maximum atomic E-state index is 5.98. The minimum Gasteiger partial charge on any atom is -0.413 e. The quantitative estimate of drug-likeness (QED) is 0.328. The Labute approximate surface area is 106 Å². The molecule has 0 saturated heterocycles. The standard InChI is InChI=1S/C11H25ClO3Si/c1-4-13-7-8-14-9-10-15-16(5-2,6-3)11-12/h4-11H2,1-3H3. The van der Waals surface area contributed by atoms with E-state index in [1.807, 2.05) is 6.92 Å². The maximum absolute atomic E-state index is 5.98. The van der Waals surface area contributed by atoms with Crippen LogP contribution in [0.1, 0.15) is 20.8 Å². The van der Waals surface area contributed by atoms with Gasteiger partial charge in [0.25, 0.3) is 0 Å². The van der Waals surface area contributed by atoms with Crippen molar-refractivity contribution in [3.63, 3.8) is 0 Å². The van der Waals surface area contributed by atoms with E-state index in [9.17, 15) is 0 Å². The largest absolute Gasteiger partial charge is 0.413 e. The molecule has 5 heteroatoms. The summed E-state index contributed by atoms with van der Waals surface area (Å²) in [6.07, 6.45) is 0. The zero-order chi connectivity index (χ0) is 12.3. The fourth-order valence-corrected chi connectivity index (χ4v) is 4.61. The average Bonchev–Trinajstić information content (AvgIpc) is 2.34. The summed E-state index contributed by atoms with van der Waals surface area (Å²) in [7, 11) is -1.64. The van der Waals surface area contributed by atoms with Gasteiger partial charge in [-0.25, -0.2) is 0 Å². The number of rotatable bonds is 11. The molecule has 0 atom stereocenters. The summed E-state index contributed by atoms with van der Waals surface area (Å²) >= 11 is 5.98. The molecular weight excluding hydrogens is 244 g/mol. The normalized spacial score (nSPS) is 12.0. The van der Waals surface area contributed by atoms with E-state index >= 15 is 0 Å². The molecule has 16 heavy (non-hydrogen) atoms. The van der Waals surface area contributed by atoms with Crippen LogP contribution in [0.3, 0.4) is 0 Å². The second-order valence-corrected chi connectivity index (χ2v) is 8.82. The molecule has 0 aliphatic carbocycles. The highest BCUT2D eigenvalue weighted by atomic mass is 35.5. The van der Waals surface area contributed by atoms with Crippen LogP contribution in [-0.4, -0.2) is 46.9 Å². The van der Waals surface area contributed by atoms with E-state index in [1.54, 1.807) is 0 Å². The van der Waals surface area contributed by atoms with Crippen LogP contribution in [0.5, 0.6) is 0 Å². The van der Waals surface area contributed by atoms with Gasteiger partial charge in [0.1, 0.15) is 0 Å². The monoisotopic (exact) mass is 268 g/mol. The van der Waals surface area contributed by atoms with Crippen LogP contribution >= 0.6 is 11.6 Å². The van der Waals surface area contributed by atoms with Crippen molar-refractivity contribution in [2.24, 2.45) is 0 Å². The highest BCUT2D eigenvalue weighted by Crippen LogP contribution is 2.18. The SMILES string of the molecule is CCOCCOCCO[Si](CC)(CC)CCl. The lowest BCUT2D eigenvalue weighted by Crippen LogP contribution is -2.40. The molecule has 0 bridgehead atoms. The molecule has 0 aliphatic heterocycles. The summed E-state index contributed by atoms with van der Waals surface area (Å²) in [6, 6.07) is 2.15. The molecule has 0 saturated carbocycles. The molecule has 0 aromatic heterocycles. The van der Waals surface area contributed by atoms with Crippen LogP contribution in [0.4, 0.5) is 0 Å². The van der Waals surface area contributed by atoms with Crippen LogP contribution in [0.2, 0.25) is 12.1 Å². The minimum absolute atomic E-state index is 0.638. The summed E-state index contributed by atoms with van der Waals surface area (Å²) in [6.45, 7) is 9.65. The number of alkyl halides is 1. The van der Waals surface area contributed by atoms with E-state index < -0.39 is 8.32 Å². The third-order valence-corrected chi connectivity index (χ3v) is 8.09. The van der Waals surface area contributed by atoms with E-state index in [4.69, 9.17) is 25.5 Å². The molecule has 0 heterocycles. The van der Waals surface area contributed by atoms with Crippen LogP contribution in [-0.2, 0) is 13.9 Å². The van der Waals surface area contributed by atoms with Crippen LogP contribution in [0, 0.1) is 0 Å². The van der Waals surface area contributed by atoms with E-state index in [0.717, 1.165) is 18.7 Å². The van der Waals surface area contributed by atoms with Gasteiger partial charge in [0.15, 0.2) is 0 Å². The van der Waals surface area contributed by atoms with Gasteiger partial charge in [-0.3, -0.25) is 0 Å². The Kier molecular flexibility index (Phi) is 10.8. The number of halogens is 1. The second-order valence-electron chi connectivity index (χ2n) is 3.68. The first-order chi connectivity index (χ1) is 7.74. The molecule has 0 aromatic rings. The predicted octanol–water partition coefficient (Wildman–Crippen LogP) is 2.82. The lowest BCUT2D eigenvalue weighted by Gasteiger charge is -2.26. The van der Waals surface area contributed by atoms with Crippen molar-refractivity contribution in [1.29, 1.82) is 0 Å². The topological polar surface area (TPSA) is 27.7 Å². The third-order valence-electron chi connectivity index (χ3n) is 2.74. The number of hydrogen-bond acceptors (Lipinski definition) is 3. The molecule has 0 unspecified atom stereocenters. The number of hydrogen-bond donors (Lipinski definition) is 0. The molecule has 0 rings (SSSR count). The first-order valence-corrected chi connectivity index (χ1v) is 9.16. The first-order valence-electron chi connectivity index (χ1n) is 6.10. The molecule has 0 aliphatic rings. The Bertz CT molecular complexity index is 146. The smallest absolute Gasteiger partial charge is 0.206 e.